The van der Waals surface area contributed by atoms with Crippen LogP contribution in [0.3, 0.4) is 0 Å². The number of benzene rings is 1. The summed E-state index contributed by atoms with van der Waals surface area (Å²) in [4.78, 5) is 11.0. The highest BCUT2D eigenvalue weighted by Gasteiger charge is 2.05. The molecule has 16 heavy (non-hydrogen) atoms. The van der Waals surface area contributed by atoms with Crippen LogP contribution in [0.2, 0.25) is 0 Å². The van der Waals surface area contributed by atoms with E-state index in [9.17, 15) is 4.79 Å². The van der Waals surface area contributed by atoms with Crippen LogP contribution in [-0.2, 0) is 4.79 Å². The van der Waals surface area contributed by atoms with Gasteiger partial charge in [0.05, 0.1) is 5.69 Å². The highest BCUT2D eigenvalue weighted by molar-refractivity contribution is 6.29. The van der Waals surface area contributed by atoms with Crippen molar-refractivity contribution in [1.82, 2.24) is 10.2 Å². The van der Waals surface area contributed by atoms with Crippen molar-refractivity contribution in [3.63, 3.8) is 0 Å². The standard InChI is InChI=1S/C11H10ClN3O/c12-7-11(16)13-10-6-9(14-15-10)8-4-2-1-3-5-8/h1-6H,7H2,(H2,13,14,15,16). The molecule has 1 amide bonds. The normalized spacial score (nSPS) is 10.1. The fraction of sp³-hybridized carbons (Fsp3) is 0.0909. The first-order valence-corrected chi connectivity index (χ1v) is 5.29. The summed E-state index contributed by atoms with van der Waals surface area (Å²) in [5.41, 5.74) is 1.87. The number of hydrogen-bond acceptors (Lipinski definition) is 2. The quantitative estimate of drug-likeness (QED) is 0.802. The molecule has 0 radical (unpaired) electrons. The van der Waals surface area contributed by atoms with E-state index in [2.05, 4.69) is 15.5 Å². The van der Waals surface area contributed by atoms with Gasteiger partial charge in [0.2, 0.25) is 5.91 Å². The maximum absolute atomic E-state index is 11.0. The van der Waals surface area contributed by atoms with Gasteiger partial charge in [0.25, 0.3) is 0 Å². The van der Waals surface area contributed by atoms with E-state index in [4.69, 9.17) is 11.6 Å². The number of H-pyrrole nitrogens is 1. The average Bonchev–Trinajstić information content (AvgIpc) is 2.78. The maximum atomic E-state index is 11.0. The number of nitrogens with zero attached hydrogens (tertiary/aromatic N) is 1. The number of hydrogen-bond donors (Lipinski definition) is 2. The van der Waals surface area contributed by atoms with Crippen molar-refractivity contribution in [1.29, 1.82) is 0 Å². The molecule has 0 saturated heterocycles. The molecular weight excluding hydrogens is 226 g/mol. The van der Waals surface area contributed by atoms with Crippen LogP contribution in [0.15, 0.2) is 36.4 Å². The van der Waals surface area contributed by atoms with Gasteiger partial charge in [-0.05, 0) is 5.56 Å². The van der Waals surface area contributed by atoms with Crippen molar-refractivity contribution in [3.05, 3.63) is 36.4 Å². The Bertz CT molecular complexity index is 481. The predicted octanol–water partition coefficient (Wildman–Crippen LogP) is 2.25. The van der Waals surface area contributed by atoms with Crippen LogP contribution in [0.25, 0.3) is 11.3 Å². The summed E-state index contributed by atoms with van der Waals surface area (Å²) in [7, 11) is 0. The minimum Gasteiger partial charge on any atom is -0.308 e. The Labute approximate surface area is 97.6 Å². The topological polar surface area (TPSA) is 57.8 Å². The van der Waals surface area contributed by atoms with Gasteiger partial charge in [-0.3, -0.25) is 9.89 Å². The molecule has 0 atom stereocenters. The van der Waals surface area contributed by atoms with Crippen LogP contribution in [0.1, 0.15) is 0 Å². The van der Waals surface area contributed by atoms with E-state index in [1.54, 1.807) is 6.07 Å². The Kier molecular flexibility index (Phi) is 3.22. The molecule has 0 aliphatic rings. The van der Waals surface area contributed by atoms with E-state index in [1.165, 1.54) is 0 Å². The van der Waals surface area contributed by atoms with Gasteiger partial charge >= 0.3 is 0 Å². The summed E-state index contributed by atoms with van der Waals surface area (Å²) in [6.07, 6.45) is 0. The molecule has 0 unspecified atom stereocenters. The number of carbonyl (C=O) groups excluding carboxylic acids is 1. The first-order valence-electron chi connectivity index (χ1n) is 4.76. The third-order valence-corrected chi connectivity index (χ3v) is 2.29. The summed E-state index contributed by atoms with van der Waals surface area (Å²) >= 11 is 5.38. The Hall–Kier alpha value is -1.81. The van der Waals surface area contributed by atoms with Gasteiger partial charge in [-0.2, -0.15) is 5.10 Å². The third-order valence-electron chi connectivity index (χ3n) is 2.05. The SMILES string of the molecule is O=C(CCl)Nc1cc(-c2ccccc2)[nH]n1. The van der Waals surface area contributed by atoms with Crippen molar-refractivity contribution in [2.45, 2.75) is 0 Å². The lowest BCUT2D eigenvalue weighted by atomic mass is 10.2. The second kappa shape index (κ2) is 4.81. The molecule has 0 spiro atoms. The molecule has 2 rings (SSSR count). The number of nitrogens with one attached hydrogen (secondary N) is 2. The molecule has 0 aliphatic heterocycles. The molecule has 1 aromatic heterocycles. The van der Waals surface area contributed by atoms with Gasteiger partial charge < -0.3 is 5.32 Å². The first-order chi connectivity index (χ1) is 7.79. The summed E-state index contributed by atoms with van der Waals surface area (Å²) in [6, 6.07) is 11.5. The van der Waals surface area contributed by atoms with Crippen molar-refractivity contribution >= 4 is 23.3 Å². The van der Waals surface area contributed by atoms with Crippen LogP contribution in [0.4, 0.5) is 5.82 Å². The van der Waals surface area contributed by atoms with Crippen LogP contribution < -0.4 is 5.32 Å². The summed E-state index contributed by atoms with van der Waals surface area (Å²) in [5, 5.41) is 9.38. The van der Waals surface area contributed by atoms with Gasteiger partial charge in [0.15, 0.2) is 5.82 Å². The molecule has 0 saturated carbocycles. The van der Waals surface area contributed by atoms with Crippen molar-refractivity contribution < 1.29 is 4.79 Å². The summed E-state index contributed by atoms with van der Waals surface area (Å²) in [5.74, 6) is 0.130. The largest absolute Gasteiger partial charge is 0.308 e. The van der Waals surface area contributed by atoms with Crippen molar-refractivity contribution in [2.24, 2.45) is 0 Å². The van der Waals surface area contributed by atoms with Crippen LogP contribution in [0, 0.1) is 0 Å². The molecule has 5 heteroatoms. The van der Waals surface area contributed by atoms with E-state index < -0.39 is 0 Å². The second-order valence-electron chi connectivity index (χ2n) is 3.21. The van der Waals surface area contributed by atoms with E-state index in [0.717, 1.165) is 11.3 Å². The number of aromatic nitrogens is 2. The lowest BCUT2D eigenvalue weighted by molar-refractivity contribution is -0.113. The highest BCUT2D eigenvalue weighted by Crippen LogP contribution is 2.18. The van der Waals surface area contributed by atoms with Gasteiger partial charge in [-0.15, -0.1) is 11.6 Å². The molecular formula is C11H10ClN3O. The molecule has 1 aromatic carbocycles. The van der Waals surface area contributed by atoms with Gasteiger partial charge in [0.1, 0.15) is 5.88 Å². The van der Waals surface area contributed by atoms with Crippen LogP contribution in [0.5, 0.6) is 0 Å². The fourth-order valence-electron chi connectivity index (χ4n) is 1.33. The van der Waals surface area contributed by atoms with E-state index in [0.29, 0.717) is 5.82 Å². The molecule has 82 valence electrons. The Morgan fingerprint density at radius 3 is 2.81 bits per heavy atom. The minimum atomic E-state index is -0.271. The number of rotatable bonds is 3. The molecule has 2 N–H and O–H groups in total. The summed E-state index contributed by atoms with van der Waals surface area (Å²) in [6.45, 7) is 0. The lowest BCUT2D eigenvalue weighted by Crippen LogP contribution is -2.12. The monoisotopic (exact) mass is 235 g/mol. The smallest absolute Gasteiger partial charge is 0.240 e. The number of aromatic amines is 1. The third kappa shape index (κ3) is 2.41. The molecule has 2 aromatic rings. The minimum absolute atomic E-state index is 0.0759. The predicted molar refractivity (Wildman–Crippen MR) is 63.4 cm³/mol. The van der Waals surface area contributed by atoms with Crippen molar-refractivity contribution in [2.75, 3.05) is 11.2 Å². The summed E-state index contributed by atoms with van der Waals surface area (Å²) < 4.78 is 0. The first kappa shape index (κ1) is 10.7. The van der Waals surface area contributed by atoms with Crippen molar-refractivity contribution in [3.8, 4) is 11.3 Å². The van der Waals surface area contributed by atoms with E-state index in [1.807, 2.05) is 30.3 Å². The molecule has 0 fully saturated rings. The lowest BCUT2D eigenvalue weighted by Gasteiger charge is -1.95. The zero-order valence-corrected chi connectivity index (χ0v) is 9.16. The van der Waals surface area contributed by atoms with Gasteiger partial charge in [-0.25, -0.2) is 0 Å². The van der Waals surface area contributed by atoms with Gasteiger partial charge in [0, 0.05) is 6.07 Å². The second-order valence-corrected chi connectivity index (χ2v) is 3.48. The molecule has 0 bridgehead atoms. The van der Waals surface area contributed by atoms with Crippen LogP contribution >= 0.6 is 11.6 Å². The molecule has 0 aliphatic carbocycles. The maximum Gasteiger partial charge on any atom is 0.240 e. The zero-order chi connectivity index (χ0) is 11.4. The average molecular weight is 236 g/mol. The number of amides is 1. The highest BCUT2D eigenvalue weighted by atomic mass is 35.5. The van der Waals surface area contributed by atoms with Crippen LogP contribution in [-0.4, -0.2) is 22.0 Å². The Morgan fingerprint density at radius 2 is 2.12 bits per heavy atom. The number of anilines is 1. The van der Waals surface area contributed by atoms with E-state index >= 15 is 0 Å². The van der Waals surface area contributed by atoms with Gasteiger partial charge in [-0.1, -0.05) is 30.3 Å². The number of carbonyl (C=O) groups is 1. The zero-order valence-electron chi connectivity index (χ0n) is 8.40. The number of alkyl halides is 1. The fourth-order valence-corrected chi connectivity index (χ4v) is 1.39. The number of halogens is 1. The Balaban J connectivity index is 2.17. The molecule has 1 heterocycles. The Morgan fingerprint density at radius 1 is 1.38 bits per heavy atom. The van der Waals surface area contributed by atoms with E-state index in [-0.39, 0.29) is 11.8 Å². The molecule has 4 nitrogen and oxygen atoms in total.